The van der Waals surface area contributed by atoms with E-state index in [1.165, 1.54) is 58.8 Å². The number of aromatic nitrogens is 4. The number of thioether (sulfide) groups is 1. The minimum atomic E-state index is -1.90. The lowest BCUT2D eigenvalue weighted by molar-refractivity contribution is -0.149. The van der Waals surface area contributed by atoms with Crippen LogP contribution in [-0.2, 0) is 107 Å². The molecule has 137 heavy (non-hydrogen) atoms. The van der Waals surface area contributed by atoms with E-state index in [0.29, 0.717) is 69.9 Å². The molecule has 0 saturated carbocycles. The number of rotatable bonds is 26. The van der Waals surface area contributed by atoms with Crippen molar-refractivity contribution in [1.82, 2.24) is 103 Å². The highest BCUT2D eigenvalue weighted by Crippen LogP contribution is 2.29. The number of aromatic amines is 3. The lowest BCUT2D eigenvalue weighted by Gasteiger charge is -2.36. The number of halogens is 2. The van der Waals surface area contributed by atoms with Crippen molar-refractivity contribution in [2.45, 2.75) is 234 Å². The first-order chi connectivity index (χ1) is 65.2. The van der Waals surface area contributed by atoms with E-state index in [9.17, 15) is 53.4 Å². The van der Waals surface area contributed by atoms with Crippen LogP contribution in [0.2, 0.25) is 10.0 Å². The average Bonchev–Trinajstić information content (AvgIpc) is 1.76. The Morgan fingerprint density at radius 1 is 0.562 bits per heavy atom. The molecule has 23 N–H and O–H groups in total. The lowest BCUT2D eigenvalue weighted by atomic mass is 10.00. The highest BCUT2D eigenvalue weighted by Gasteiger charge is 2.47. The second-order valence-corrected chi connectivity index (χ2v) is 36.9. The van der Waals surface area contributed by atoms with E-state index >= 15 is 38.4 Å². The summed E-state index contributed by atoms with van der Waals surface area (Å²) in [7, 11) is 3.90. The van der Waals surface area contributed by atoms with Gasteiger partial charge in [-0.3, -0.25) is 86.9 Å². The van der Waals surface area contributed by atoms with Crippen molar-refractivity contribution >= 4 is 163 Å². The molecule has 6 heterocycles. The molecule has 43 nitrogen and oxygen atoms in total. The summed E-state index contributed by atoms with van der Waals surface area (Å²) in [4.78, 5) is 270. The summed E-state index contributed by atoms with van der Waals surface area (Å²) < 4.78 is 0. The number of hydrogen-bond donors (Lipinski definition) is 20. The fraction of sp³-hybridized carbons (Fsp3) is 0.527. The third-order valence-electron chi connectivity index (χ3n) is 24.4. The lowest BCUT2D eigenvalue weighted by Crippen LogP contribution is -2.62. The monoisotopic (exact) mass is 1960 g/mol. The molecule has 6 aromatic rings. The molecular weight excluding hydrogens is 1840 g/mol. The first-order valence-electron chi connectivity index (χ1n) is 45.6. The summed E-state index contributed by atoms with van der Waals surface area (Å²) in [5, 5.41) is 61.1. The van der Waals surface area contributed by atoms with Crippen molar-refractivity contribution in [1.29, 1.82) is 5.41 Å². The Hall–Kier alpha value is -12.9. The molecule has 3 aliphatic heterocycles. The van der Waals surface area contributed by atoms with Crippen LogP contribution in [0.3, 0.4) is 0 Å². The number of carbonyl (C=O) groups is 17. The topological polar surface area (TPSA) is 641 Å². The fourth-order valence-corrected chi connectivity index (χ4v) is 18.0. The number of unbranched alkanes of at least 4 members (excludes halogenated alkanes) is 2. The molecule has 3 aromatic carbocycles. The fourth-order valence-electron chi connectivity index (χ4n) is 16.8. The van der Waals surface area contributed by atoms with Crippen LogP contribution in [0, 0.1) is 11.3 Å². The molecule has 0 bridgehead atoms. The van der Waals surface area contributed by atoms with Crippen molar-refractivity contribution in [2.24, 2.45) is 23.1 Å². The maximum Gasteiger partial charge on any atom is 0.246 e. The molecule has 744 valence electrons. The van der Waals surface area contributed by atoms with Crippen LogP contribution >= 0.6 is 35.0 Å². The van der Waals surface area contributed by atoms with E-state index in [4.69, 9.17) is 45.8 Å². The summed E-state index contributed by atoms with van der Waals surface area (Å²) in [6.45, 7) is 5.99. The van der Waals surface area contributed by atoms with Gasteiger partial charge in [0.2, 0.25) is 100 Å². The Labute approximate surface area is 805 Å². The van der Waals surface area contributed by atoms with Gasteiger partial charge in [-0.15, -0.1) is 11.8 Å². The van der Waals surface area contributed by atoms with Crippen LogP contribution in [-0.4, -0.2) is 317 Å². The highest BCUT2D eigenvalue weighted by atomic mass is 35.5. The number of nitrogens with two attached hydrogens (primary N) is 3. The minimum absolute atomic E-state index is 0.0142. The number of aliphatic hydroxyl groups excluding tert-OH is 2. The SMILES string of the molecule is CCCC[C@H]1C(=O)N(C)[C@@H](CCCC)C(=O)N[C@@H](CCCNC(=N)N)C(=O)N[C@H](C(=O)NCC(N)=O)CSCC(=O)N[C@@H](Cc2ccc(Cl)c(Cl)c2)C(=O)N(C)[C@@H](C)C(=O)N[C@@H](CC(N)=O)C(=O)N2CCC[C@H]2C(=O)N[C@@H](Cc2cnc[nH]2)C(=O)N[C@@H](CC(C)C)C(=O)N2C[C@H](O)C[C@H]2C(=O)N[C@@H](Cc2c[nH]c3ccccc23)C(=O)N[C@@H](CO)C(=O)NC(Cc2c[nH]c3ccccc23)C(=O)N1C. The van der Waals surface area contributed by atoms with E-state index in [-0.39, 0.29) is 99.7 Å². The minimum Gasteiger partial charge on any atom is -0.394 e. The van der Waals surface area contributed by atoms with Crippen LogP contribution in [0.15, 0.2) is 91.6 Å². The number of likely N-dealkylation sites (N-methyl/N-ethyl adjacent to an activating group) is 3. The molecule has 3 aromatic heterocycles. The van der Waals surface area contributed by atoms with E-state index in [0.717, 1.165) is 36.3 Å². The number of primary amides is 2. The molecule has 17 amide bonds. The Bertz CT molecular complexity index is 5330. The summed E-state index contributed by atoms with van der Waals surface area (Å²) in [6.07, 6.45) is 3.58. The standard InChI is InChI=1S/C91H126Cl2N24O19S/c1-9-11-24-70-83(129)105-61(23-17-29-99-91(96)97)79(125)112-69(78(124)102-42-75(95)121)45-137-46-76(122)104-65(33-50-27-28-57(92)58(93)32-50)86(132)113(6)49(5)77(123)108-67(38-74(94)120)88(134)116-30-18-26-71(116)84(130)107-63(36-53-41-98-47-103-53)81(127)109-64(31-48(3)4)89(135)117-43-54(119)37-73(117)85(131)106-62(34-51-39-100-59-21-15-13-19-55(51)59)80(126)111-68(44-118)82(128)110-66(35-52-40-101-60-22-16-14-20-56(52)60)87(133)115(8)72(25-12-10-2)90(136)114(70)7/h13-16,19-22,27-28,32,39-41,47-49,54,61-73,100-101,118-119H,9-12,17-18,23-26,29-31,33-38,42-46H2,1-8H3,(H2,94,120)(H2,95,121)(H,98,103)(H,102,124)(H,104,122)(H,105,129)(H,106,131)(H,107,130)(H,108,123)(H,109,127)(H,110,128)(H,111,126)(H,112,125)(H4,96,97,99)/t49-,54+,61-,62-,63-,64-,65-,66?,67-,68-,69-,70-,71-,72-,73-/m0/s1. The van der Waals surface area contributed by atoms with E-state index in [1.54, 1.807) is 74.8 Å². The summed E-state index contributed by atoms with van der Waals surface area (Å²) in [6, 6.07) is -3.54. The molecule has 3 fully saturated rings. The highest BCUT2D eigenvalue weighted by molar-refractivity contribution is 8.00. The van der Waals surface area contributed by atoms with Crippen LogP contribution in [0.1, 0.15) is 140 Å². The van der Waals surface area contributed by atoms with Gasteiger partial charge in [0.15, 0.2) is 5.96 Å². The van der Waals surface area contributed by atoms with Gasteiger partial charge in [0.1, 0.15) is 84.6 Å². The molecular formula is C91H126Cl2N24O19S. The number of nitrogens with one attached hydrogen (secondary N) is 15. The van der Waals surface area contributed by atoms with Crippen LogP contribution in [0.25, 0.3) is 21.8 Å². The predicted molar refractivity (Wildman–Crippen MR) is 508 cm³/mol. The van der Waals surface area contributed by atoms with Gasteiger partial charge >= 0.3 is 0 Å². The molecule has 9 rings (SSSR count). The van der Waals surface area contributed by atoms with Crippen molar-refractivity contribution in [3.63, 3.8) is 0 Å². The van der Waals surface area contributed by atoms with Gasteiger partial charge in [0.25, 0.3) is 0 Å². The molecule has 0 spiro atoms. The van der Waals surface area contributed by atoms with Gasteiger partial charge in [-0.1, -0.05) is 119 Å². The zero-order valence-corrected chi connectivity index (χ0v) is 80.1. The number of imidazole rings is 1. The normalized spacial score (nSPS) is 24.6. The van der Waals surface area contributed by atoms with E-state index < -0.39 is 241 Å². The van der Waals surface area contributed by atoms with Crippen molar-refractivity contribution in [3.8, 4) is 0 Å². The number of aliphatic hydroxyl groups is 2. The van der Waals surface area contributed by atoms with Crippen LogP contribution < -0.4 is 75.7 Å². The van der Waals surface area contributed by atoms with Crippen molar-refractivity contribution in [3.05, 3.63) is 124 Å². The molecule has 3 saturated heterocycles. The van der Waals surface area contributed by atoms with E-state index in [2.05, 4.69) is 78.4 Å². The average molecular weight is 1960 g/mol. The number of nitrogens with zero attached hydrogens (tertiary/aromatic N) is 6. The van der Waals surface area contributed by atoms with Crippen LogP contribution in [0.4, 0.5) is 0 Å². The smallest absolute Gasteiger partial charge is 0.246 e. The maximum absolute atomic E-state index is 15.8. The van der Waals surface area contributed by atoms with Gasteiger partial charge in [-0.25, -0.2) is 4.98 Å². The number of hydrogen-bond acceptors (Lipinski definition) is 22. The number of benzene rings is 3. The molecule has 0 aliphatic carbocycles. The van der Waals surface area contributed by atoms with Gasteiger partial charge in [0, 0.05) is 125 Å². The summed E-state index contributed by atoms with van der Waals surface area (Å²) in [5.74, 6) is -18.0. The number of carbonyl (C=O) groups excluding carboxylic acids is 17. The largest absolute Gasteiger partial charge is 0.394 e. The Morgan fingerprint density at radius 2 is 1.11 bits per heavy atom. The molecule has 46 heteroatoms. The number of amides is 17. The molecule has 3 aliphatic rings. The van der Waals surface area contributed by atoms with Gasteiger partial charge in [0.05, 0.1) is 47.8 Å². The number of H-pyrrole nitrogens is 3. The summed E-state index contributed by atoms with van der Waals surface area (Å²) in [5.41, 5.74) is 19.7. The number of para-hydroxylation sites is 2. The Morgan fingerprint density at radius 3 is 1.71 bits per heavy atom. The third kappa shape index (κ3) is 30.0. The third-order valence-corrected chi connectivity index (χ3v) is 26.1. The van der Waals surface area contributed by atoms with Gasteiger partial charge in [-0.05, 0) is 98.7 Å². The first kappa shape index (κ1) is 108. The van der Waals surface area contributed by atoms with Crippen molar-refractivity contribution < 1.29 is 91.7 Å². The zero-order valence-electron chi connectivity index (χ0n) is 77.8. The molecule has 0 radical (unpaired) electrons. The first-order valence-corrected chi connectivity index (χ1v) is 47.6. The van der Waals surface area contributed by atoms with Crippen molar-refractivity contribution in [2.75, 3.05) is 65.4 Å². The van der Waals surface area contributed by atoms with E-state index in [1.807, 2.05) is 13.8 Å². The second kappa shape index (κ2) is 51.3. The maximum atomic E-state index is 15.8. The van der Waals surface area contributed by atoms with Gasteiger partial charge < -0.3 is 125 Å². The second-order valence-electron chi connectivity index (χ2n) is 35.1. The predicted octanol–water partition coefficient (Wildman–Crippen LogP) is -1.33. The Kier molecular flexibility index (Phi) is 40.3. The molecule has 1 unspecified atom stereocenters. The van der Waals surface area contributed by atoms with Gasteiger partial charge in [-0.2, -0.15) is 0 Å². The Balaban J connectivity index is 1.11. The van der Waals surface area contributed by atoms with Crippen LogP contribution in [0.5, 0.6) is 0 Å². The number of guanidine groups is 1. The quantitative estimate of drug-likeness (QED) is 0.0170. The zero-order chi connectivity index (χ0) is 100. The molecule has 15 atom stereocenters. The number of fused-ring (bicyclic) bond motifs is 4. The summed E-state index contributed by atoms with van der Waals surface area (Å²) >= 11 is 13.5.